The Kier molecular flexibility index (Phi) is 13.4. The Morgan fingerprint density at radius 1 is 0.284 bits per heavy atom. The van der Waals surface area contributed by atoms with Crippen molar-refractivity contribution in [3.05, 3.63) is 230 Å². The molecule has 67 heavy (non-hydrogen) atoms. The molecule has 0 fully saturated rings. The molecule has 0 aliphatic heterocycles. The summed E-state index contributed by atoms with van der Waals surface area (Å²) in [5, 5.41) is 9.81. The van der Waals surface area contributed by atoms with E-state index in [1.54, 1.807) is 0 Å². The first-order valence-corrected chi connectivity index (χ1v) is 22.6. The molecule has 0 aliphatic rings. The molecule has 0 bridgehead atoms. The van der Waals surface area contributed by atoms with E-state index in [1.165, 1.54) is 33.4 Å². The zero-order chi connectivity index (χ0) is 45.7. The predicted molar refractivity (Wildman–Crippen MR) is 279 cm³/mol. The van der Waals surface area contributed by atoms with Crippen LogP contribution in [0.4, 0.5) is 0 Å². The van der Waals surface area contributed by atoms with E-state index in [4.69, 9.17) is 20.2 Å². The van der Waals surface area contributed by atoms with Crippen molar-refractivity contribution in [3.63, 3.8) is 0 Å². The summed E-state index contributed by atoms with van der Waals surface area (Å²) in [6.07, 6.45) is 0. The van der Waals surface area contributed by atoms with Gasteiger partial charge in [-0.05, 0) is 68.5 Å². The first kappa shape index (κ1) is 45.6. The fourth-order valence-electron chi connectivity index (χ4n) is 7.86. The SMILES string of the molecule is C.CC(C)(C)c1ccc(-c2nc(-c3ccc(-c4ccccc4)cc3)n(-c3ccccc3)n2)cc1.CC(C)(C)c1ccc(-c2nc(-c3ccc(-c4ccccc4)cc3)nn2-c2ccccc2)cc1. The van der Waals surface area contributed by atoms with Gasteiger partial charge in [-0.25, -0.2) is 19.3 Å². The summed E-state index contributed by atoms with van der Waals surface area (Å²) in [7, 11) is 0. The monoisotopic (exact) mass is 874 g/mol. The van der Waals surface area contributed by atoms with Gasteiger partial charge in [-0.3, -0.25) is 0 Å². The van der Waals surface area contributed by atoms with Gasteiger partial charge in [0.1, 0.15) is 0 Å². The minimum absolute atomic E-state index is 0. The number of benzene rings is 8. The summed E-state index contributed by atoms with van der Waals surface area (Å²) < 4.78 is 3.87. The van der Waals surface area contributed by atoms with Crippen molar-refractivity contribution >= 4 is 0 Å². The molecule has 2 heterocycles. The molecule has 0 unspecified atom stereocenters. The Labute approximate surface area is 396 Å². The molecule has 0 saturated heterocycles. The molecule has 2 aromatic heterocycles. The number of aromatic nitrogens is 6. The number of hydrogen-bond donors (Lipinski definition) is 0. The van der Waals surface area contributed by atoms with Crippen LogP contribution in [0.1, 0.15) is 60.1 Å². The van der Waals surface area contributed by atoms with Gasteiger partial charge in [0.2, 0.25) is 0 Å². The molecule has 6 nitrogen and oxygen atoms in total. The van der Waals surface area contributed by atoms with Crippen molar-refractivity contribution in [1.29, 1.82) is 0 Å². The van der Waals surface area contributed by atoms with Crippen molar-refractivity contribution < 1.29 is 0 Å². The van der Waals surface area contributed by atoms with E-state index in [0.29, 0.717) is 5.82 Å². The van der Waals surface area contributed by atoms with Crippen LogP contribution >= 0.6 is 0 Å². The number of para-hydroxylation sites is 2. The van der Waals surface area contributed by atoms with Gasteiger partial charge < -0.3 is 0 Å². The summed E-state index contributed by atoms with van der Waals surface area (Å²) in [6.45, 7) is 13.4. The summed E-state index contributed by atoms with van der Waals surface area (Å²) in [4.78, 5) is 9.95. The van der Waals surface area contributed by atoms with E-state index >= 15 is 0 Å². The fourth-order valence-corrected chi connectivity index (χ4v) is 7.86. The number of hydrogen-bond acceptors (Lipinski definition) is 4. The van der Waals surface area contributed by atoms with Crippen LogP contribution in [0.15, 0.2) is 218 Å². The van der Waals surface area contributed by atoms with Gasteiger partial charge in [0.05, 0.1) is 11.4 Å². The maximum absolute atomic E-state index is 4.97. The second kappa shape index (κ2) is 19.6. The van der Waals surface area contributed by atoms with E-state index in [2.05, 4.69) is 211 Å². The molecule has 0 atom stereocenters. The third-order valence-electron chi connectivity index (χ3n) is 11.7. The maximum Gasteiger partial charge on any atom is 0.182 e. The predicted octanol–water partition coefficient (Wildman–Crippen LogP) is 15.8. The molecule has 6 heteroatoms. The highest BCUT2D eigenvalue weighted by Crippen LogP contribution is 2.32. The smallest absolute Gasteiger partial charge is 0.182 e. The van der Waals surface area contributed by atoms with Gasteiger partial charge in [0.15, 0.2) is 23.3 Å². The molecule has 0 aliphatic carbocycles. The average Bonchev–Trinajstić information content (AvgIpc) is 4.02. The zero-order valence-electron chi connectivity index (χ0n) is 38.5. The molecule has 10 rings (SSSR count). The minimum Gasteiger partial charge on any atom is -0.213 e. The van der Waals surface area contributed by atoms with Crippen molar-refractivity contribution in [3.8, 4) is 79.2 Å². The van der Waals surface area contributed by atoms with E-state index in [-0.39, 0.29) is 18.3 Å². The highest BCUT2D eigenvalue weighted by Gasteiger charge is 2.20. The largest absolute Gasteiger partial charge is 0.213 e. The average molecular weight is 875 g/mol. The van der Waals surface area contributed by atoms with Gasteiger partial charge in [-0.1, -0.05) is 243 Å². The Balaban J connectivity index is 0.000000179. The van der Waals surface area contributed by atoms with Crippen LogP contribution in [0.3, 0.4) is 0 Å². The van der Waals surface area contributed by atoms with Gasteiger partial charge in [0, 0.05) is 22.3 Å². The van der Waals surface area contributed by atoms with Crippen LogP contribution in [0, 0.1) is 0 Å². The molecule has 0 radical (unpaired) electrons. The fraction of sp³-hybridized carbons (Fsp3) is 0.148. The van der Waals surface area contributed by atoms with Crippen LogP contribution < -0.4 is 0 Å². The molecule has 8 aromatic carbocycles. The highest BCUT2D eigenvalue weighted by atomic mass is 15.4. The third kappa shape index (κ3) is 10.5. The first-order valence-electron chi connectivity index (χ1n) is 22.6. The van der Waals surface area contributed by atoms with Gasteiger partial charge in [-0.15, -0.1) is 10.2 Å². The molecule has 10 aromatic rings. The number of rotatable bonds is 8. The molecule has 0 amide bonds. The Morgan fingerprint density at radius 3 is 0.866 bits per heavy atom. The minimum atomic E-state index is 0. The summed E-state index contributed by atoms with van der Waals surface area (Å²) in [6, 6.07) is 75.4. The van der Waals surface area contributed by atoms with E-state index in [1.807, 2.05) is 57.9 Å². The van der Waals surface area contributed by atoms with Crippen molar-refractivity contribution in [2.45, 2.75) is 59.8 Å². The molecule has 0 spiro atoms. The Bertz CT molecular complexity index is 3120. The molecular weight excluding hydrogens is 817 g/mol. The highest BCUT2D eigenvalue weighted by molar-refractivity contribution is 5.71. The maximum atomic E-state index is 4.97. The molecule has 332 valence electrons. The van der Waals surface area contributed by atoms with Crippen LogP contribution in [0.25, 0.3) is 79.2 Å². The lowest BCUT2D eigenvalue weighted by Gasteiger charge is -2.19. The normalized spacial score (nSPS) is 11.3. The standard InChI is InChI=1S/2C30H27N3.CH4/c1-30(2,3)26-20-18-24(19-21-26)28-31-29(33(32-28)27-12-8-5-9-13-27)25-16-14-23(15-17-25)22-10-6-4-7-11-22;1-30(2,3)26-20-18-25(19-21-26)29-31-28(32-33(29)27-12-8-5-9-13-27)24-16-14-23(15-17-24)22-10-6-4-7-11-22;/h2*4-21H,1-3H3;1H4. The summed E-state index contributed by atoms with van der Waals surface area (Å²) in [5.74, 6) is 3.11. The van der Waals surface area contributed by atoms with Crippen LogP contribution in [0.2, 0.25) is 0 Å². The van der Waals surface area contributed by atoms with Gasteiger partial charge in [-0.2, -0.15) is 0 Å². The lowest BCUT2D eigenvalue weighted by molar-refractivity contribution is 0.590. The summed E-state index contributed by atoms with van der Waals surface area (Å²) in [5.41, 5.74) is 13.7. The van der Waals surface area contributed by atoms with E-state index < -0.39 is 0 Å². The van der Waals surface area contributed by atoms with Crippen LogP contribution in [-0.2, 0) is 10.8 Å². The van der Waals surface area contributed by atoms with Gasteiger partial charge >= 0.3 is 0 Å². The molecular formula is C61H58N6. The van der Waals surface area contributed by atoms with Crippen LogP contribution in [0.5, 0.6) is 0 Å². The summed E-state index contributed by atoms with van der Waals surface area (Å²) >= 11 is 0. The second-order valence-electron chi connectivity index (χ2n) is 18.6. The Morgan fingerprint density at radius 2 is 0.537 bits per heavy atom. The second-order valence-corrected chi connectivity index (χ2v) is 18.6. The lowest BCUT2D eigenvalue weighted by atomic mass is 9.86. The van der Waals surface area contributed by atoms with Crippen LogP contribution in [-0.4, -0.2) is 29.5 Å². The molecule has 0 N–H and O–H groups in total. The lowest BCUT2D eigenvalue weighted by Crippen LogP contribution is -2.10. The van der Waals surface area contributed by atoms with Gasteiger partial charge in [0.25, 0.3) is 0 Å². The zero-order valence-corrected chi connectivity index (χ0v) is 38.5. The quantitative estimate of drug-likeness (QED) is 0.153. The Hall–Kier alpha value is -7.96. The molecule has 0 saturated carbocycles. The third-order valence-corrected chi connectivity index (χ3v) is 11.7. The van der Waals surface area contributed by atoms with E-state index in [0.717, 1.165) is 51.1 Å². The van der Waals surface area contributed by atoms with Crippen molar-refractivity contribution in [2.75, 3.05) is 0 Å². The topological polar surface area (TPSA) is 61.4 Å². The first-order chi connectivity index (χ1) is 32.0. The van der Waals surface area contributed by atoms with Crippen molar-refractivity contribution in [1.82, 2.24) is 29.5 Å². The number of nitrogens with zero attached hydrogens (tertiary/aromatic N) is 6. The van der Waals surface area contributed by atoms with Crippen molar-refractivity contribution in [2.24, 2.45) is 0 Å². The van der Waals surface area contributed by atoms with E-state index in [9.17, 15) is 0 Å².